The summed E-state index contributed by atoms with van der Waals surface area (Å²) in [6, 6.07) is 11.0. The summed E-state index contributed by atoms with van der Waals surface area (Å²) in [6.45, 7) is 0. The Morgan fingerprint density at radius 2 is 1.86 bits per heavy atom. The van der Waals surface area contributed by atoms with Crippen LogP contribution in [0.25, 0.3) is 11.2 Å². The number of hydrogen-bond acceptors (Lipinski definition) is 5. The van der Waals surface area contributed by atoms with Gasteiger partial charge in [-0.2, -0.15) is 9.38 Å². The van der Waals surface area contributed by atoms with E-state index < -0.39 is 4.92 Å². The maximum atomic E-state index is 11.4. The molecule has 0 aliphatic heterocycles. The lowest BCUT2D eigenvalue weighted by Gasteiger charge is -1.99. The number of nitro groups is 1. The Bertz CT molecular complexity index is 1010. The minimum absolute atomic E-state index is 0.0479. The van der Waals surface area contributed by atoms with Gasteiger partial charge in [-0.25, -0.2) is 4.98 Å². The van der Waals surface area contributed by atoms with Crippen LogP contribution in [0.4, 0.5) is 5.82 Å². The summed E-state index contributed by atoms with van der Waals surface area (Å²) >= 11 is 1.18. The molecule has 0 spiro atoms. The fraction of sp³-hybridized carbons (Fsp3) is 0. The Balaban J connectivity index is 1.87. The molecule has 0 atom stereocenters. The van der Waals surface area contributed by atoms with Crippen molar-refractivity contribution in [3.63, 3.8) is 0 Å². The average Bonchev–Trinajstić information content (AvgIpc) is 3.09. The molecule has 0 aliphatic carbocycles. The van der Waals surface area contributed by atoms with Crippen molar-refractivity contribution in [2.75, 3.05) is 0 Å². The first-order chi connectivity index (χ1) is 10.7. The van der Waals surface area contributed by atoms with E-state index in [4.69, 9.17) is 0 Å². The predicted molar refractivity (Wildman–Crippen MR) is 81.2 cm³/mol. The molecular formula is C14H9N5O2S. The van der Waals surface area contributed by atoms with Crippen molar-refractivity contribution in [2.24, 2.45) is 0 Å². The van der Waals surface area contributed by atoms with Gasteiger partial charge in [-0.15, -0.1) is 0 Å². The number of fused-ring (bicyclic) bond motifs is 2. The molecule has 0 aliphatic rings. The highest BCUT2D eigenvalue weighted by Gasteiger charge is 2.24. The summed E-state index contributed by atoms with van der Waals surface area (Å²) in [5.74, 6) is -0.0479. The molecule has 0 amide bonds. The Morgan fingerprint density at radius 3 is 2.68 bits per heavy atom. The Labute approximate surface area is 128 Å². The number of aromatic nitrogens is 4. The third kappa shape index (κ3) is 1.92. The summed E-state index contributed by atoms with van der Waals surface area (Å²) in [6.07, 6.45) is 5.23. The Kier molecular flexibility index (Phi) is 2.83. The number of pyridine rings is 2. The van der Waals surface area contributed by atoms with Crippen molar-refractivity contribution in [3.05, 3.63) is 65.1 Å². The van der Waals surface area contributed by atoms with Gasteiger partial charge in [0, 0.05) is 12.3 Å². The van der Waals surface area contributed by atoms with Crippen LogP contribution in [0.5, 0.6) is 0 Å². The number of imidazole rings is 2. The van der Waals surface area contributed by atoms with Gasteiger partial charge in [0.2, 0.25) is 10.7 Å². The first-order valence-corrected chi connectivity index (χ1v) is 7.27. The van der Waals surface area contributed by atoms with Crippen LogP contribution in [0.2, 0.25) is 0 Å². The van der Waals surface area contributed by atoms with Gasteiger partial charge in [-0.1, -0.05) is 12.1 Å². The van der Waals surface area contributed by atoms with E-state index in [1.54, 1.807) is 30.6 Å². The molecule has 8 heteroatoms. The van der Waals surface area contributed by atoms with Gasteiger partial charge in [-0.05, 0) is 34.9 Å². The van der Waals surface area contributed by atoms with Crippen LogP contribution < -0.4 is 0 Å². The first kappa shape index (κ1) is 12.8. The van der Waals surface area contributed by atoms with Crippen molar-refractivity contribution in [3.8, 4) is 0 Å². The smallest absolute Gasteiger partial charge is 0.358 e. The topological polar surface area (TPSA) is 77.7 Å². The molecular weight excluding hydrogens is 302 g/mol. The number of nitrogens with zero attached hydrogens (tertiary/aromatic N) is 5. The molecule has 4 rings (SSSR count). The molecule has 22 heavy (non-hydrogen) atoms. The second kappa shape index (κ2) is 4.85. The van der Waals surface area contributed by atoms with Gasteiger partial charge in [-0.3, -0.25) is 4.40 Å². The Morgan fingerprint density at radius 1 is 1.09 bits per heavy atom. The lowest BCUT2D eigenvalue weighted by Crippen LogP contribution is -1.95. The zero-order chi connectivity index (χ0) is 15.1. The van der Waals surface area contributed by atoms with Gasteiger partial charge in [0.15, 0.2) is 5.16 Å². The maximum absolute atomic E-state index is 11.4. The van der Waals surface area contributed by atoms with Gasteiger partial charge >= 0.3 is 5.82 Å². The fourth-order valence-electron chi connectivity index (χ4n) is 2.28. The SMILES string of the molecule is O=[N+]([O-])c1c(Sc2ncc3ccccn23)nc2ccccn12. The number of rotatable bonds is 3. The van der Waals surface area contributed by atoms with Crippen LogP contribution in [0, 0.1) is 10.1 Å². The van der Waals surface area contributed by atoms with Crippen molar-refractivity contribution in [1.82, 2.24) is 18.8 Å². The molecule has 108 valence electrons. The van der Waals surface area contributed by atoms with E-state index in [1.165, 1.54) is 16.2 Å². The van der Waals surface area contributed by atoms with Crippen LogP contribution in [0.15, 0.2) is 65.2 Å². The minimum atomic E-state index is -0.419. The Hall–Kier alpha value is -2.87. The van der Waals surface area contributed by atoms with Gasteiger partial charge in [0.05, 0.1) is 17.9 Å². The van der Waals surface area contributed by atoms with E-state index in [9.17, 15) is 10.1 Å². The summed E-state index contributed by atoms with van der Waals surface area (Å²) in [7, 11) is 0. The molecule has 4 heterocycles. The van der Waals surface area contributed by atoms with E-state index in [2.05, 4.69) is 9.97 Å². The molecule has 0 saturated heterocycles. The van der Waals surface area contributed by atoms with Crippen molar-refractivity contribution < 1.29 is 4.92 Å². The highest BCUT2D eigenvalue weighted by Crippen LogP contribution is 2.34. The minimum Gasteiger partial charge on any atom is -0.358 e. The summed E-state index contributed by atoms with van der Waals surface area (Å²) in [5, 5.41) is 12.4. The second-order valence-corrected chi connectivity index (χ2v) is 5.52. The van der Waals surface area contributed by atoms with Crippen LogP contribution >= 0.6 is 11.8 Å². The molecule has 0 radical (unpaired) electrons. The molecule has 0 N–H and O–H groups in total. The lowest BCUT2D eigenvalue weighted by molar-refractivity contribution is -0.393. The molecule has 0 saturated carbocycles. The summed E-state index contributed by atoms with van der Waals surface area (Å²) in [5.41, 5.74) is 1.47. The predicted octanol–water partition coefficient (Wildman–Crippen LogP) is 3.04. The second-order valence-electron chi connectivity index (χ2n) is 4.56. The highest BCUT2D eigenvalue weighted by atomic mass is 32.2. The van der Waals surface area contributed by atoms with Crippen LogP contribution in [-0.2, 0) is 0 Å². The quantitative estimate of drug-likeness (QED) is 0.429. The van der Waals surface area contributed by atoms with Gasteiger partial charge in [0.1, 0.15) is 0 Å². The van der Waals surface area contributed by atoms with E-state index in [-0.39, 0.29) is 5.82 Å². The normalized spacial score (nSPS) is 11.3. The zero-order valence-electron chi connectivity index (χ0n) is 11.2. The lowest BCUT2D eigenvalue weighted by atomic mass is 10.4. The maximum Gasteiger partial charge on any atom is 0.362 e. The van der Waals surface area contributed by atoms with Crippen LogP contribution in [0.1, 0.15) is 0 Å². The van der Waals surface area contributed by atoms with E-state index in [0.717, 1.165) is 5.52 Å². The molecule has 4 aromatic rings. The summed E-state index contributed by atoms with van der Waals surface area (Å²) < 4.78 is 3.34. The van der Waals surface area contributed by atoms with E-state index >= 15 is 0 Å². The standard InChI is InChI=1S/C14H9N5O2S/c20-19(21)13-12(16-11-6-2-4-8-18(11)13)22-14-15-9-10-5-1-3-7-17(10)14/h1-9H. The summed E-state index contributed by atoms with van der Waals surface area (Å²) in [4.78, 5) is 19.6. The van der Waals surface area contributed by atoms with Crippen LogP contribution in [0.3, 0.4) is 0 Å². The first-order valence-electron chi connectivity index (χ1n) is 6.45. The average molecular weight is 311 g/mol. The van der Waals surface area contributed by atoms with Crippen LogP contribution in [-0.4, -0.2) is 23.7 Å². The van der Waals surface area contributed by atoms with Gasteiger partial charge in [0.25, 0.3) is 0 Å². The molecule has 0 fully saturated rings. The molecule has 0 aromatic carbocycles. The molecule has 7 nitrogen and oxygen atoms in total. The largest absolute Gasteiger partial charge is 0.362 e. The third-order valence-electron chi connectivity index (χ3n) is 3.24. The van der Waals surface area contributed by atoms with E-state index in [1.807, 2.05) is 28.8 Å². The molecule has 0 bridgehead atoms. The monoisotopic (exact) mass is 311 g/mol. The molecule has 4 aromatic heterocycles. The molecule has 0 unspecified atom stereocenters. The third-order valence-corrected chi connectivity index (χ3v) is 4.19. The number of hydrogen-bond donors (Lipinski definition) is 0. The fourth-order valence-corrected chi connectivity index (χ4v) is 3.22. The van der Waals surface area contributed by atoms with Gasteiger partial charge < -0.3 is 10.1 Å². The van der Waals surface area contributed by atoms with Crippen molar-refractivity contribution >= 4 is 28.7 Å². The van der Waals surface area contributed by atoms with E-state index in [0.29, 0.717) is 15.8 Å². The van der Waals surface area contributed by atoms with Crippen molar-refractivity contribution in [1.29, 1.82) is 0 Å². The highest BCUT2D eigenvalue weighted by molar-refractivity contribution is 7.99. The zero-order valence-corrected chi connectivity index (χ0v) is 12.0. The van der Waals surface area contributed by atoms with Crippen molar-refractivity contribution in [2.45, 2.75) is 10.2 Å².